The van der Waals surface area contributed by atoms with Gasteiger partial charge in [0.15, 0.2) is 0 Å². The molecule has 5 nitrogen and oxygen atoms in total. The molecule has 27 heavy (non-hydrogen) atoms. The van der Waals surface area contributed by atoms with Crippen molar-refractivity contribution in [3.8, 4) is 16.9 Å². The highest BCUT2D eigenvalue weighted by Crippen LogP contribution is 2.26. The Labute approximate surface area is 161 Å². The van der Waals surface area contributed by atoms with Crippen molar-refractivity contribution >= 4 is 5.91 Å². The van der Waals surface area contributed by atoms with Gasteiger partial charge in [-0.15, -0.1) is 0 Å². The molecule has 1 aliphatic rings. The summed E-state index contributed by atoms with van der Waals surface area (Å²) in [7, 11) is 3.35. The van der Waals surface area contributed by atoms with E-state index in [9.17, 15) is 4.79 Å². The maximum atomic E-state index is 13.1. The first-order valence-electron chi connectivity index (χ1n) is 9.62. The van der Waals surface area contributed by atoms with Crippen LogP contribution in [0, 0.1) is 0 Å². The maximum absolute atomic E-state index is 13.1. The number of aromatic nitrogens is 1. The van der Waals surface area contributed by atoms with Crippen LogP contribution in [0.25, 0.3) is 11.1 Å². The van der Waals surface area contributed by atoms with Gasteiger partial charge in [-0.3, -0.25) is 9.78 Å². The first-order valence-corrected chi connectivity index (χ1v) is 9.62. The third kappa shape index (κ3) is 4.86. The molecule has 1 atom stereocenters. The van der Waals surface area contributed by atoms with Crippen LogP contribution >= 0.6 is 0 Å². The molecule has 144 valence electrons. The topological polar surface area (TPSA) is 51.7 Å². The number of ether oxygens (including phenoxy) is 2. The predicted molar refractivity (Wildman–Crippen MR) is 106 cm³/mol. The highest BCUT2D eigenvalue weighted by Gasteiger charge is 2.27. The van der Waals surface area contributed by atoms with Gasteiger partial charge in [0.05, 0.1) is 13.3 Å². The number of pyridine rings is 1. The van der Waals surface area contributed by atoms with Crippen molar-refractivity contribution in [2.75, 3.05) is 27.4 Å². The van der Waals surface area contributed by atoms with Gasteiger partial charge in [-0.05, 0) is 55.9 Å². The van der Waals surface area contributed by atoms with E-state index in [0.717, 1.165) is 61.3 Å². The fraction of sp³-hybridized carbons (Fsp3) is 0.455. The van der Waals surface area contributed by atoms with Crippen molar-refractivity contribution in [3.63, 3.8) is 0 Å². The zero-order valence-electron chi connectivity index (χ0n) is 16.2. The van der Waals surface area contributed by atoms with Crippen LogP contribution in [0.3, 0.4) is 0 Å². The molecule has 2 heterocycles. The SMILES string of the molecule is COCCC[C@@H]1CCCCN1C(=O)c1ccc(-c2cncc(OC)c2)cc1. The average Bonchev–Trinajstić information content (AvgIpc) is 2.74. The summed E-state index contributed by atoms with van der Waals surface area (Å²) in [5, 5.41) is 0. The Morgan fingerprint density at radius 3 is 2.70 bits per heavy atom. The van der Waals surface area contributed by atoms with Crippen LogP contribution in [0.1, 0.15) is 42.5 Å². The van der Waals surface area contributed by atoms with E-state index in [1.54, 1.807) is 26.6 Å². The summed E-state index contributed by atoms with van der Waals surface area (Å²) in [6.45, 7) is 1.60. The highest BCUT2D eigenvalue weighted by atomic mass is 16.5. The summed E-state index contributed by atoms with van der Waals surface area (Å²) in [6.07, 6.45) is 8.85. The standard InChI is InChI=1S/C22H28N2O3/c1-26-13-5-7-20-6-3-4-12-24(20)22(25)18-10-8-17(9-11-18)19-14-21(27-2)16-23-15-19/h8-11,14-16,20H,3-7,12-13H2,1-2H3/t20-/m0/s1. The number of hydrogen-bond donors (Lipinski definition) is 0. The lowest BCUT2D eigenvalue weighted by atomic mass is 9.96. The van der Waals surface area contributed by atoms with Crippen molar-refractivity contribution in [1.29, 1.82) is 0 Å². The Hall–Kier alpha value is -2.40. The van der Waals surface area contributed by atoms with Crippen LogP contribution in [0.4, 0.5) is 0 Å². The van der Waals surface area contributed by atoms with Gasteiger partial charge >= 0.3 is 0 Å². The van der Waals surface area contributed by atoms with Crippen molar-refractivity contribution in [2.45, 2.75) is 38.1 Å². The molecule has 0 unspecified atom stereocenters. The zero-order valence-corrected chi connectivity index (χ0v) is 16.2. The molecule has 1 aromatic carbocycles. The van der Waals surface area contributed by atoms with E-state index in [0.29, 0.717) is 6.04 Å². The molecule has 1 saturated heterocycles. The lowest BCUT2D eigenvalue weighted by Gasteiger charge is -2.36. The Kier molecular flexibility index (Phi) is 6.82. The number of benzene rings is 1. The van der Waals surface area contributed by atoms with E-state index in [1.165, 1.54) is 6.42 Å². The summed E-state index contributed by atoms with van der Waals surface area (Å²) in [6, 6.07) is 10.1. The number of carbonyl (C=O) groups excluding carboxylic acids is 1. The number of carbonyl (C=O) groups is 1. The summed E-state index contributed by atoms with van der Waals surface area (Å²) in [4.78, 5) is 19.3. The third-order valence-corrected chi connectivity index (χ3v) is 5.19. The molecule has 0 aliphatic carbocycles. The number of likely N-dealkylation sites (tertiary alicyclic amines) is 1. The second-order valence-corrected chi connectivity index (χ2v) is 6.97. The van der Waals surface area contributed by atoms with E-state index < -0.39 is 0 Å². The quantitative estimate of drug-likeness (QED) is 0.688. The van der Waals surface area contributed by atoms with E-state index in [4.69, 9.17) is 9.47 Å². The van der Waals surface area contributed by atoms with E-state index in [-0.39, 0.29) is 5.91 Å². The summed E-state index contributed by atoms with van der Waals surface area (Å²) in [5.74, 6) is 0.854. The Bertz CT molecular complexity index is 745. The van der Waals surface area contributed by atoms with Crippen molar-refractivity contribution in [3.05, 3.63) is 48.3 Å². The maximum Gasteiger partial charge on any atom is 0.254 e. The summed E-state index contributed by atoms with van der Waals surface area (Å²) in [5.41, 5.74) is 2.74. The van der Waals surface area contributed by atoms with Gasteiger partial charge in [-0.2, -0.15) is 0 Å². The van der Waals surface area contributed by atoms with Crippen LogP contribution in [0.15, 0.2) is 42.7 Å². The molecule has 0 saturated carbocycles. The van der Waals surface area contributed by atoms with Crippen LogP contribution in [0.2, 0.25) is 0 Å². The number of amides is 1. The van der Waals surface area contributed by atoms with E-state index >= 15 is 0 Å². The second-order valence-electron chi connectivity index (χ2n) is 6.97. The molecule has 1 aromatic heterocycles. The van der Waals surface area contributed by atoms with E-state index in [1.807, 2.05) is 30.3 Å². The number of piperidine rings is 1. The molecule has 0 radical (unpaired) electrons. The van der Waals surface area contributed by atoms with Gasteiger partial charge < -0.3 is 14.4 Å². The fourth-order valence-corrected chi connectivity index (χ4v) is 3.69. The Morgan fingerprint density at radius 2 is 1.96 bits per heavy atom. The molecule has 5 heteroatoms. The zero-order chi connectivity index (χ0) is 19.1. The van der Waals surface area contributed by atoms with Crippen LogP contribution in [-0.4, -0.2) is 49.2 Å². The first kappa shape index (κ1) is 19.4. The molecule has 1 aliphatic heterocycles. The summed E-state index contributed by atoms with van der Waals surface area (Å²) < 4.78 is 10.4. The number of hydrogen-bond acceptors (Lipinski definition) is 4. The third-order valence-electron chi connectivity index (χ3n) is 5.19. The minimum Gasteiger partial charge on any atom is -0.495 e. The molecular formula is C22H28N2O3. The molecule has 1 fully saturated rings. The molecule has 1 amide bonds. The molecule has 0 N–H and O–H groups in total. The minimum absolute atomic E-state index is 0.132. The molecule has 3 rings (SSSR count). The van der Waals surface area contributed by atoms with Crippen LogP contribution in [0.5, 0.6) is 5.75 Å². The van der Waals surface area contributed by atoms with Gasteiger partial charge in [-0.1, -0.05) is 12.1 Å². The van der Waals surface area contributed by atoms with Gasteiger partial charge in [0.25, 0.3) is 5.91 Å². The predicted octanol–water partition coefficient (Wildman–Crippen LogP) is 4.18. The molecule has 0 spiro atoms. The van der Waals surface area contributed by atoms with Crippen molar-refractivity contribution < 1.29 is 14.3 Å². The van der Waals surface area contributed by atoms with Crippen molar-refractivity contribution in [2.24, 2.45) is 0 Å². The Morgan fingerprint density at radius 1 is 1.15 bits per heavy atom. The monoisotopic (exact) mass is 368 g/mol. The largest absolute Gasteiger partial charge is 0.495 e. The number of methoxy groups -OCH3 is 2. The second kappa shape index (κ2) is 9.51. The molecule has 2 aromatic rings. The van der Waals surface area contributed by atoms with Gasteiger partial charge in [0.2, 0.25) is 0 Å². The molecular weight excluding hydrogens is 340 g/mol. The summed E-state index contributed by atoms with van der Waals surface area (Å²) >= 11 is 0. The van der Waals surface area contributed by atoms with Crippen LogP contribution < -0.4 is 4.74 Å². The van der Waals surface area contributed by atoms with E-state index in [2.05, 4.69) is 9.88 Å². The smallest absolute Gasteiger partial charge is 0.254 e. The lowest BCUT2D eigenvalue weighted by Crippen LogP contribution is -2.43. The van der Waals surface area contributed by atoms with Gasteiger partial charge in [-0.25, -0.2) is 0 Å². The lowest BCUT2D eigenvalue weighted by molar-refractivity contribution is 0.0585. The highest BCUT2D eigenvalue weighted by molar-refractivity contribution is 5.95. The van der Waals surface area contributed by atoms with Crippen molar-refractivity contribution in [1.82, 2.24) is 9.88 Å². The molecule has 0 bridgehead atoms. The van der Waals surface area contributed by atoms with Crippen LogP contribution in [-0.2, 0) is 4.74 Å². The normalized spacial score (nSPS) is 17.0. The van der Waals surface area contributed by atoms with Gasteiger partial charge in [0.1, 0.15) is 5.75 Å². The first-order chi connectivity index (χ1) is 13.2. The average molecular weight is 368 g/mol. The number of nitrogens with zero attached hydrogens (tertiary/aromatic N) is 2. The number of rotatable bonds is 7. The van der Waals surface area contributed by atoms with Gasteiger partial charge in [0, 0.05) is 43.6 Å². The minimum atomic E-state index is 0.132. The Balaban J connectivity index is 1.72. The fourth-order valence-electron chi connectivity index (χ4n) is 3.69.